The lowest BCUT2D eigenvalue weighted by Crippen LogP contribution is -2.22. The summed E-state index contributed by atoms with van der Waals surface area (Å²) in [7, 11) is 1.50. The van der Waals surface area contributed by atoms with Gasteiger partial charge in [-0.15, -0.1) is 0 Å². The Morgan fingerprint density at radius 1 is 0.970 bits per heavy atom. The Morgan fingerprint density at radius 2 is 1.76 bits per heavy atom. The standard InChI is InChI=1S/C26H21F3O4/c1-31-21-4-2-3-17(13-21)18-9-16(10-20(12-18)26(27,28)29)11-24(30)25(7-8-25)19-5-6-22-23(14-19)33-15-32-22/h2-6,9-10,12-14H,7-8,11,15H2,1H3. The molecule has 0 unspecified atom stereocenters. The molecule has 7 heteroatoms. The van der Waals surface area contributed by atoms with Crippen molar-refractivity contribution in [3.8, 4) is 28.4 Å². The summed E-state index contributed by atoms with van der Waals surface area (Å²) >= 11 is 0. The highest BCUT2D eigenvalue weighted by Gasteiger charge is 2.51. The molecule has 4 nitrogen and oxygen atoms in total. The van der Waals surface area contributed by atoms with Crippen molar-refractivity contribution in [3.05, 3.63) is 77.4 Å². The van der Waals surface area contributed by atoms with Crippen LogP contribution in [0.5, 0.6) is 17.2 Å². The Morgan fingerprint density at radius 3 is 2.48 bits per heavy atom. The monoisotopic (exact) mass is 454 g/mol. The first kappa shape index (κ1) is 21.4. The fourth-order valence-corrected chi connectivity index (χ4v) is 4.33. The first-order chi connectivity index (χ1) is 15.8. The van der Waals surface area contributed by atoms with E-state index < -0.39 is 17.2 Å². The van der Waals surface area contributed by atoms with Crippen molar-refractivity contribution in [2.45, 2.75) is 30.9 Å². The van der Waals surface area contributed by atoms with Gasteiger partial charge < -0.3 is 14.2 Å². The molecule has 0 amide bonds. The van der Waals surface area contributed by atoms with Crippen LogP contribution in [0.4, 0.5) is 13.2 Å². The second kappa shape index (κ2) is 7.83. The van der Waals surface area contributed by atoms with E-state index in [1.807, 2.05) is 6.07 Å². The summed E-state index contributed by atoms with van der Waals surface area (Å²) in [5.74, 6) is 1.66. The van der Waals surface area contributed by atoms with Gasteiger partial charge in [-0.1, -0.05) is 24.3 Å². The van der Waals surface area contributed by atoms with Crippen molar-refractivity contribution < 1.29 is 32.2 Å². The van der Waals surface area contributed by atoms with Crippen LogP contribution in [0.25, 0.3) is 11.1 Å². The van der Waals surface area contributed by atoms with Crippen molar-refractivity contribution in [3.63, 3.8) is 0 Å². The van der Waals surface area contributed by atoms with Gasteiger partial charge in [-0.25, -0.2) is 0 Å². The maximum atomic E-state index is 13.6. The number of carbonyl (C=O) groups is 1. The van der Waals surface area contributed by atoms with E-state index in [-0.39, 0.29) is 19.0 Å². The number of hydrogen-bond acceptors (Lipinski definition) is 4. The molecule has 0 aromatic heterocycles. The van der Waals surface area contributed by atoms with E-state index >= 15 is 0 Å². The Bertz CT molecular complexity index is 1230. The van der Waals surface area contributed by atoms with Crippen LogP contribution in [0, 0.1) is 0 Å². The Labute approximate surface area is 188 Å². The van der Waals surface area contributed by atoms with Crippen LogP contribution in [0.3, 0.4) is 0 Å². The van der Waals surface area contributed by atoms with Gasteiger partial charge in [0.05, 0.1) is 18.1 Å². The van der Waals surface area contributed by atoms with E-state index in [1.54, 1.807) is 42.5 Å². The van der Waals surface area contributed by atoms with Crippen LogP contribution in [-0.2, 0) is 22.8 Å². The van der Waals surface area contributed by atoms with Gasteiger partial charge in [0, 0.05) is 6.42 Å². The van der Waals surface area contributed by atoms with E-state index in [1.165, 1.54) is 7.11 Å². The van der Waals surface area contributed by atoms with Crippen molar-refractivity contribution in [1.82, 2.24) is 0 Å². The number of carbonyl (C=O) groups excluding carboxylic acids is 1. The number of Topliss-reactive ketones (excluding diaryl/α,β-unsaturated/α-hetero) is 1. The minimum Gasteiger partial charge on any atom is -0.497 e. The molecule has 0 saturated heterocycles. The molecule has 1 saturated carbocycles. The van der Waals surface area contributed by atoms with Gasteiger partial charge in [0.1, 0.15) is 11.5 Å². The lowest BCUT2D eigenvalue weighted by molar-refractivity contribution is -0.137. The zero-order valence-corrected chi connectivity index (χ0v) is 17.9. The molecule has 0 spiro atoms. The van der Waals surface area contributed by atoms with Crippen LogP contribution < -0.4 is 14.2 Å². The molecule has 1 heterocycles. The average molecular weight is 454 g/mol. The summed E-state index contributed by atoms with van der Waals surface area (Å²) < 4.78 is 56.9. The molecule has 5 rings (SSSR count). The predicted octanol–water partition coefficient (Wildman–Crippen LogP) is 5.95. The van der Waals surface area contributed by atoms with Crippen molar-refractivity contribution >= 4 is 5.78 Å². The van der Waals surface area contributed by atoms with Gasteiger partial charge in [-0.2, -0.15) is 13.2 Å². The molecule has 0 atom stereocenters. The minimum atomic E-state index is -4.53. The number of alkyl halides is 3. The first-order valence-corrected chi connectivity index (χ1v) is 10.6. The fourth-order valence-electron chi connectivity index (χ4n) is 4.33. The van der Waals surface area contributed by atoms with Crippen molar-refractivity contribution in [2.75, 3.05) is 13.9 Å². The Balaban J connectivity index is 1.48. The summed E-state index contributed by atoms with van der Waals surface area (Å²) in [6.07, 6.45) is -3.29. The van der Waals surface area contributed by atoms with Crippen LogP contribution in [0.2, 0.25) is 0 Å². The number of ketones is 1. The van der Waals surface area contributed by atoms with Crippen molar-refractivity contribution in [1.29, 1.82) is 0 Å². The van der Waals surface area contributed by atoms with Gasteiger partial charge >= 0.3 is 6.18 Å². The Kier molecular flexibility index (Phi) is 5.07. The highest BCUT2D eigenvalue weighted by atomic mass is 19.4. The largest absolute Gasteiger partial charge is 0.497 e. The lowest BCUT2D eigenvalue weighted by Gasteiger charge is -2.17. The number of ether oxygens (including phenoxy) is 3. The molecule has 1 aliphatic heterocycles. The highest BCUT2D eigenvalue weighted by molar-refractivity contribution is 5.95. The van der Waals surface area contributed by atoms with E-state index in [2.05, 4.69) is 0 Å². The quantitative estimate of drug-likeness (QED) is 0.462. The number of fused-ring (bicyclic) bond motifs is 1. The van der Waals surface area contributed by atoms with Gasteiger partial charge in [0.2, 0.25) is 6.79 Å². The molecule has 0 bridgehead atoms. The van der Waals surface area contributed by atoms with Crippen LogP contribution >= 0.6 is 0 Å². The number of hydrogen-bond donors (Lipinski definition) is 0. The molecule has 170 valence electrons. The lowest BCUT2D eigenvalue weighted by atomic mass is 9.86. The van der Waals surface area contributed by atoms with Gasteiger partial charge in [-0.3, -0.25) is 4.79 Å². The van der Waals surface area contributed by atoms with Gasteiger partial charge in [0.15, 0.2) is 11.5 Å². The predicted molar refractivity (Wildman–Crippen MR) is 116 cm³/mol. The number of halogens is 3. The van der Waals surface area contributed by atoms with Crippen LogP contribution in [0.1, 0.15) is 29.5 Å². The summed E-state index contributed by atoms with van der Waals surface area (Å²) in [4.78, 5) is 13.3. The second-order valence-corrected chi connectivity index (χ2v) is 8.40. The van der Waals surface area contributed by atoms with Crippen molar-refractivity contribution in [2.24, 2.45) is 0 Å². The molecular weight excluding hydrogens is 433 g/mol. The molecule has 3 aromatic rings. The fraction of sp³-hybridized carbons (Fsp3) is 0.269. The molecular formula is C26H21F3O4. The van der Waals surface area contributed by atoms with E-state index in [0.29, 0.717) is 46.8 Å². The molecule has 0 radical (unpaired) electrons. The molecule has 33 heavy (non-hydrogen) atoms. The van der Waals surface area contributed by atoms with Crippen LogP contribution in [0.15, 0.2) is 60.7 Å². The number of methoxy groups -OCH3 is 1. The number of benzene rings is 3. The van der Waals surface area contributed by atoms with Crippen LogP contribution in [-0.4, -0.2) is 19.7 Å². The molecule has 1 aliphatic carbocycles. The minimum absolute atomic E-state index is 0.0880. The number of rotatable bonds is 6. The maximum Gasteiger partial charge on any atom is 0.416 e. The maximum absolute atomic E-state index is 13.6. The third-order valence-corrected chi connectivity index (χ3v) is 6.30. The van der Waals surface area contributed by atoms with Gasteiger partial charge in [-0.05, 0) is 71.5 Å². The summed E-state index contributed by atoms with van der Waals surface area (Å²) in [5.41, 5.74) is 0.659. The zero-order chi connectivity index (χ0) is 23.2. The SMILES string of the molecule is COc1cccc(-c2cc(CC(=O)C3(c4ccc5c(c4)OCO5)CC3)cc(C(F)(F)F)c2)c1. The van der Waals surface area contributed by atoms with E-state index in [4.69, 9.17) is 14.2 Å². The third kappa shape index (κ3) is 4.03. The smallest absolute Gasteiger partial charge is 0.416 e. The second-order valence-electron chi connectivity index (χ2n) is 8.40. The molecule has 2 aliphatic rings. The zero-order valence-electron chi connectivity index (χ0n) is 17.9. The molecule has 1 fully saturated rings. The summed E-state index contributed by atoms with van der Waals surface area (Å²) in [6.45, 7) is 0.136. The molecule has 3 aromatic carbocycles. The highest BCUT2D eigenvalue weighted by Crippen LogP contribution is 2.51. The first-order valence-electron chi connectivity index (χ1n) is 10.6. The van der Waals surface area contributed by atoms with E-state index in [0.717, 1.165) is 17.7 Å². The topological polar surface area (TPSA) is 44.8 Å². The third-order valence-electron chi connectivity index (χ3n) is 6.30. The van der Waals surface area contributed by atoms with Gasteiger partial charge in [0.25, 0.3) is 0 Å². The summed E-state index contributed by atoms with van der Waals surface area (Å²) in [5, 5.41) is 0. The average Bonchev–Trinajstić information content (AvgIpc) is 3.49. The summed E-state index contributed by atoms with van der Waals surface area (Å²) in [6, 6.07) is 16.1. The van der Waals surface area contributed by atoms with E-state index in [9.17, 15) is 18.0 Å². The normalized spacial score (nSPS) is 15.9. The Hall–Kier alpha value is -3.48. The molecule has 0 N–H and O–H groups in total.